The molecule has 5 nitrogen and oxygen atoms in total. The number of nitrogens with one attached hydrogen (secondary N) is 1. The lowest BCUT2D eigenvalue weighted by molar-refractivity contribution is -0.118. The summed E-state index contributed by atoms with van der Waals surface area (Å²) >= 11 is 0. The first-order valence-corrected chi connectivity index (χ1v) is 7.66. The fraction of sp³-hybridized carbons (Fsp3) is 0.353. The molecule has 1 aromatic heterocycles. The van der Waals surface area contributed by atoms with Gasteiger partial charge in [0.2, 0.25) is 11.9 Å². The molecule has 3 rings (SSSR count). The fourth-order valence-corrected chi connectivity index (χ4v) is 2.71. The van der Waals surface area contributed by atoms with Crippen LogP contribution in [-0.2, 0) is 11.2 Å². The zero-order chi connectivity index (χ0) is 15.4. The SMILES string of the molecule is Cc1ccnc(NCCCC(=O)N2CCc3ccccc32)n1. The van der Waals surface area contributed by atoms with Gasteiger partial charge >= 0.3 is 0 Å². The van der Waals surface area contributed by atoms with Crippen molar-refractivity contribution in [2.24, 2.45) is 0 Å². The molecule has 0 aliphatic carbocycles. The molecule has 0 unspecified atom stereocenters. The van der Waals surface area contributed by atoms with Crippen molar-refractivity contribution in [2.75, 3.05) is 23.3 Å². The van der Waals surface area contributed by atoms with Gasteiger partial charge in [-0.3, -0.25) is 4.79 Å². The maximum Gasteiger partial charge on any atom is 0.227 e. The summed E-state index contributed by atoms with van der Waals surface area (Å²) in [5.41, 5.74) is 3.27. The molecule has 1 aliphatic rings. The van der Waals surface area contributed by atoms with Gasteiger partial charge in [0.15, 0.2) is 0 Å². The number of rotatable bonds is 5. The molecular weight excluding hydrogens is 276 g/mol. The van der Waals surface area contributed by atoms with Crippen LogP contribution in [0, 0.1) is 6.92 Å². The Morgan fingerprint density at radius 1 is 1.32 bits per heavy atom. The number of aromatic nitrogens is 2. The minimum atomic E-state index is 0.192. The Morgan fingerprint density at radius 2 is 2.18 bits per heavy atom. The second kappa shape index (κ2) is 6.56. The molecule has 0 radical (unpaired) electrons. The summed E-state index contributed by atoms with van der Waals surface area (Å²) in [6.45, 7) is 3.43. The third-order valence-electron chi connectivity index (χ3n) is 3.83. The second-order valence-electron chi connectivity index (χ2n) is 5.48. The van der Waals surface area contributed by atoms with Crippen LogP contribution in [0.5, 0.6) is 0 Å². The van der Waals surface area contributed by atoms with Gasteiger partial charge in [-0.05, 0) is 37.5 Å². The minimum Gasteiger partial charge on any atom is -0.354 e. The van der Waals surface area contributed by atoms with Gasteiger partial charge in [0, 0.05) is 37.1 Å². The molecule has 1 N–H and O–H groups in total. The van der Waals surface area contributed by atoms with Crippen LogP contribution in [0.25, 0.3) is 0 Å². The largest absolute Gasteiger partial charge is 0.354 e. The molecule has 2 aromatic rings. The number of fused-ring (bicyclic) bond motifs is 1. The standard InChI is InChI=1S/C17H20N4O/c1-13-8-11-19-17(20-13)18-10-4-7-16(22)21-12-9-14-5-2-3-6-15(14)21/h2-3,5-6,8,11H,4,7,9-10,12H2,1H3,(H,18,19,20). The Bertz CT molecular complexity index is 671. The molecule has 0 spiro atoms. The van der Waals surface area contributed by atoms with Crippen molar-refractivity contribution < 1.29 is 4.79 Å². The van der Waals surface area contributed by atoms with Crippen molar-refractivity contribution in [2.45, 2.75) is 26.2 Å². The summed E-state index contributed by atoms with van der Waals surface area (Å²) in [6.07, 6.45) is 4.00. The summed E-state index contributed by atoms with van der Waals surface area (Å²) in [5.74, 6) is 0.816. The first kappa shape index (κ1) is 14.5. The highest BCUT2D eigenvalue weighted by Crippen LogP contribution is 2.27. The Balaban J connectivity index is 1.47. The molecule has 114 valence electrons. The monoisotopic (exact) mass is 296 g/mol. The summed E-state index contributed by atoms with van der Waals surface area (Å²) in [5, 5.41) is 3.16. The molecule has 1 amide bonds. The molecule has 0 saturated heterocycles. The summed E-state index contributed by atoms with van der Waals surface area (Å²) < 4.78 is 0. The van der Waals surface area contributed by atoms with E-state index in [1.807, 2.05) is 36.1 Å². The predicted molar refractivity (Wildman–Crippen MR) is 87.0 cm³/mol. The normalized spacial score (nSPS) is 13.0. The highest BCUT2D eigenvalue weighted by Gasteiger charge is 2.23. The van der Waals surface area contributed by atoms with Crippen molar-refractivity contribution in [3.63, 3.8) is 0 Å². The van der Waals surface area contributed by atoms with Crippen LogP contribution in [0.4, 0.5) is 11.6 Å². The van der Waals surface area contributed by atoms with E-state index in [-0.39, 0.29) is 5.91 Å². The van der Waals surface area contributed by atoms with Gasteiger partial charge in [-0.2, -0.15) is 0 Å². The molecule has 5 heteroatoms. The number of carbonyl (C=O) groups is 1. The van der Waals surface area contributed by atoms with Crippen LogP contribution in [-0.4, -0.2) is 29.0 Å². The summed E-state index contributed by atoms with van der Waals surface area (Å²) in [6, 6.07) is 10.00. The van der Waals surface area contributed by atoms with Gasteiger partial charge in [-0.25, -0.2) is 9.97 Å². The molecule has 1 aromatic carbocycles. The van der Waals surface area contributed by atoms with Gasteiger partial charge in [-0.15, -0.1) is 0 Å². The zero-order valence-electron chi connectivity index (χ0n) is 12.7. The molecule has 2 heterocycles. The Hall–Kier alpha value is -2.43. The van der Waals surface area contributed by atoms with Crippen LogP contribution >= 0.6 is 0 Å². The number of hydrogen-bond acceptors (Lipinski definition) is 4. The number of para-hydroxylation sites is 1. The Labute approximate surface area is 130 Å². The first-order chi connectivity index (χ1) is 10.7. The number of aryl methyl sites for hydroxylation is 1. The number of benzene rings is 1. The van der Waals surface area contributed by atoms with Gasteiger partial charge in [0.1, 0.15) is 0 Å². The number of nitrogens with zero attached hydrogens (tertiary/aromatic N) is 3. The maximum absolute atomic E-state index is 12.3. The second-order valence-corrected chi connectivity index (χ2v) is 5.48. The van der Waals surface area contributed by atoms with Crippen molar-refractivity contribution >= 4 is 17.5 Å². The quantitative estimate of drug-likeness (QED) is 0.862. The summed E-state index contributed by atoms with van der Waals surface area (Å²) in [4.78, 5) is 22.7. The van der Waals surface area contributed by atoms with Crippen LogP contribution in [0.1, 0.15) is 24.1 Å². The molecule has 0 bridgehead atoms. The van der Waals surface area contributed by atoms with Gasteiger partial charge in [0.05, 0.1) is 0 Å². The predicted octanol–water partition coefficient (Wildman–Crippen LogP) is 2.57. The number of carbonyl (C=O) groups excluding carboxylic acids is 1. The minimum absolute atomic E-state index is 0.192. The van der Waals surface area contributed by atoms with Crippen molar-refractivity contribution in [3.05, 3.63) is 47.8 Å². The third kappa shape index (κ3) is 3.24. The number of hydrogen-bond donors (Lipinski definition) is 1. The van der Waals surface area contributed by atoms with Gasteiger partial charge < -0.3 is 10.2 Å². The molecule has 1 aliphatic heterocycles. The van der Waals surface area contributed by atoms with E-state index in [0.29, 0.717) is 18.9 Å². The van der Waals surface area contributed by atoms with Crippen molar-refractivity contribution in [1.82, 2.24) is 9.97 Å². The van der Waals surface area contributed by atoms with E-state index in [1.165, 1.54) is 5.56 Å². The molecule has 0 fully saturated rings. The van der Waals surface area contributed by atoms with E-state index in [0.717, 1.165) is 30.8 Å². The third-order valence-corrected chi connectivity index (χ3v) is 3.83. The van der Waals surface area contributed by atoms with Crippen molar-refractivity contribution in [1.29, 1.82) is 0 Å². The highest BCUT2D eigenvalue weighted by molar-refractivity contribution is 5.95. The molecular formula is C17H20N4O. The van der Waals surface area contributed by atoms with E-state index in [1.54, 1.807) is 6.20 Å². The topological polar surface area (TPSA) is 58.1 Å². The van der Waals surface area contributed by atoms with E-state index < -0.39 is 0 Å². The fourth-order valence-electron chi connectivity index (χ4n) is 2.71. The lowest BCUT2D eigenvalue weighted by Gasteiger charge is -2.17. The van der Waals surface area contributed by atoms with Crippen LogP contribution in [0.2, 0.25) is 0 Å². The van der Waals surface area contributed by atoms with E-state index in [4.69, 9.17) is 0 Å². The van der Waals surface area contributed by atoms with Crippen molar-refractivity contribution in [3.8, 4) is 0 Å². The van der Waals surface area contributed by atoms with Crippen LogP contribution in [0.3, 0.4) is 0 Å². The van der Waals surface area contributed by atoms with E-state index in [9.17, 15) is 4.79 Å². The van der Waals surface area contributed by atoms with E-state index >= 15 is 0 Å². The first-order valence-electron chi connectivity index (χ1n) is 7.66. The lowest BCUT2D eigenvalue weighted by Crippen LogP contribution is -2.29. The van der Waals surface area contributed by atoms with E-state index in [2.05, 4.69) is 21.4 Å². The Kier molecular flexibility index (Phi) is 4.32. The average Bonchev–Trinajstić information content (AvgIpc) is 2.95. The van der Waals surface area contributed by atoms with Gasteiger partial charge in [-0.1, -0.05) is 18.2 Å². The Morgan fingerprint density at radius 3 is 3.05 bits per heavy atom. The van der Waals surface area contributed by atoms with Crippen LogP contribution < -0.4 is 10.2 Å². The zero-order valence-corrected chi connectivity index (χ0v) is 12.7. The number of anilines is 2. The average molecular weight is 296 g/mol. The molecule has 0 saturated carbocycles. The lowest BCUT2D eigenvalue weighted by atomic mass is 10.2. The maximum atomic E-state index is 12.3. The number of amides is 1. The van der Waals surface area contributed by atoms with Gasteiger partial charge in [0.25, 0.3) is 0 Å². The molecule has 0 atom stereocenters. The van der Waals surface area contributed by atoms with Crippen LogP contribution in [0.15, 0.2) is 36.5 Å². The highest BCUT2D eigenvalue weighted by atomic mass is 16.2. The molecule has 22 heavy (non-hydrogen) atoms. The summed E-state index contributed by atoms with van der Waals surface area (Å²) in [7, 11) is 0. The smallest absolute Gasteiger partial charge is 0.227 e.